The van der Waals surface area contributed by atoms with Gasteiger partial charge in [-0.3, -0.25) is 0 Å². The highest BCUT2D eigenvalue weighted by molar-refractivity contribution is 7.13. The largest absolute Gasteiger partial charge is 0.489 e. The molecule has 1 aliphatic rings. The zero-order chi connectivity index (χ0) is 17.1. The highest BCUT2D eigenvalue weighted by atomic mass is 35.5. The fourth-order valence-electron chi connectivity index (χ4n) is 2.48. The predicted molar refractivity (Wildman–Crippen MR) is 95.6 cm³/mol. The standard InChI is InChI=1S/C17H19ClN2O3S/c1-10-17(24-12(3)19-10)11(2)20-23-9-13-7-14(18)16-15(8-13)21-5-4-6-22-16/h7-8H,4-6,9H2,1-3H3. The Hall–Kier alpha value is -1.79. The molecule has 0 N–H and O–H groups in total. The summed E-state index contributed by atoms with van der Waals surface area (Å²) in [6, 6.07) is 3.71. The fourth-order valence-corrected chi connectivity index (χ4v) is 3.62. The van der Waals surface area contributed by atoms with Crippen molar-refractivity contribution in [3.8, 4) is 11.5 Å². The van der Waals surface area contributed by atoms with Crippen molar-refractivity contribution in [2.45, 2.75) is 33.8 Å². The van der Waals surface area contributed by atoms with Gasteiger partial charge in [-0.05, 0) is 38.5 Å². The zero-order valence-corrected chi connectivity index (χ0v) is 15.5. The van der Waals surface area contributed by atoms with Crippen molar-refractivity contribution in [1.29, 1.82) is 0 Å². The van der Waals surface area contributed by atoms with Crippen molar-refractivity contribution < 1.29 is 14.3 Å². The molecule has 0 amide bonds. The molecule has 0 saturated heterocycles. The van der Waals surface area contributed by atoms with E-state index in [0.29, 0.717) is 36.3 Å². The molecule has 0 atom stereocenters. The van der Waals surface area contributed by atoms with E-state index in [9.17, 15) is 0 Å². The van der Waals surface area contributed by atoms with Gasteiger partial charge in [-0.25, -0.2) is 4.98 Å². The number of oxime groups is 1. The Kier molecular flexibility index (Phi) is 5.26. The van der Waals surface area contributed by atoms with E-state index < -0.39 is 0 Å². The van der Waals surface area contributed by atoms with Crippen LogP contribution in [-0.4, -0.2) is 23.9 Å². The minimum absolute atomic E-state index is 0.310. The molecule has 0 spiro atoms. The zero-order valence-electron chi connectivity index (χ0n) is 13.9. The van der Waals surface area contributed by atoms with Crippen molar-refractivity contribution >= 4 is 28.6 Å². The molecule has 0 fully saturated rings. The van der Waals surface area contributed by atoms with Gasteiger partial charge in [-0.2, -0.15) is 0 Å². The van der Waals surface area contributed by atoms with Gasteiger partial charge < -0.3 is 14.3 Å². The first-order valence-electron chi connectivity index (χ1n) is 7.73. The number of benzene rings is 1. The minimum atomic E-state index is 0.310. The van der Waals surface area contributed by atoms with E-state index in [1.807, 2.05) is 32.9 Å². The molecule has 3 rings (SSSR count). The molecule has 24 heavy (non-hydrogen) atoms. The maximum Gasteiger partial charge on any atom is 0.179 e. The second-order valence-corrected chi connectivity index (χ2v) is 7.16. The van der Waals surface area contributed by atoms with Crippen molar-refractivity contribution in [2.75, 3.05) is 13.2 Å². The van der Waals surface area contributed by atoms with Gasteiger partial charge in [0.15, 0.2) is 11.5 Å². The monoisotopic (exact) mass is 366 g/mol. The van der Waals surface area contributed by atoms with E-state index in [1.54, 1.807) is 11.3 Å². The number of hydrogen-bond acceptors (Lipinski definition) is 6. The molecule has 1 aromatic heterocycles. The maximum atomic E-state index is 6.28. The summed E-state index contributed by atoms with van der Waals surface area (Å²) in [5.74, 6) is 1.27. The Balaban J connectivity index is 1.71. The number of aromatic nitrogens is 1. The first kappa shape index (κ1) is 17.0. The second-order valence-electron chi connectivity index (χ2n) is 5.55. The molecule has 7 heteroatoms. The van der Waals surface area contributed by atoms with Crippen molar-refractivity contribution in [2.24, 2.45) is 5.16 Å². The molecule has 0 saturated carbocycles. The molecule has 0 unspecified atom stereocenters. The molecule has 128 valence electrons. The summed E-state index contributed by atoms with van der Waals surface area (Å²) in [6.45, 7) is 7.41. The van der Waals surface area contributed by atoms with Crippen molar-refractivity contribution in [3.05, 3.63) is 38.3 Å². The first-order chi connectivity index (χ1) is 11.5. The number of rotatable bonds is 4. The van der Waals surface area contributed by atoms with Crippen LogP contribution in [0.15, 0.2) is 17.3 Å². The van der Waals surface area contributed by atoms with E-state index in [4.69, 9.17) is 25.9 Å². The number of nitrogens with zero attached hydrogens (tertiary/aromatic N) is 2. The summed E-state index contributed by atoms with van der Waals surface area (Å²) in [5, 5.41) is 5.75. The fraction of sp³-hybridized carbons (Fsp3) is 0.412. The predicted octanol–water partition coefficient (Wildman–Crippen LogP) is 4.52. The Bertz CT molecular complexity index is 773. The van der Waals surface area contributed by atoms with Gasteiger partial charge in [0, 0.05) is 6.42 Å². The molecule has 5 nitrogen and oxygen atoms in total. The van der Waals surface area contributed by atoms with Gasteiger partial charge in [-0.15, -0.1) is 11.3 Å². The molecule has 2 heterocycles. The van der Waals surface area contributed by atoms with Crippen LogP contribution in [0.2, 0.25) is 5.02 Å². The minimum Gasteiger partial charge on any atom is -0.489 e. The third-order valence-electron chi connectivity index (χ3n) is 3.53. The lowest BCUT2D eigenvalue weighted by Gasteiger charge is -2.11. The molecule has 1 aromatic carbocycles. The van der Waals surface area contributed by atoms with Gasteiger partial charge in [0.2, 0.25) is 0 Å². The third-order valence-corrected chi connectivity index (χ3v) is 4.99. The lowest BCUT2D eigenvalue weighted by molar-refractivity contribution is 0.130. The van der Waals surface area contributed by atoms with Gasteiger partial charge in [0.1, 0.15) is 6.61 Å². The van der Waals surface area contributed by atoms with Crippen LogP contribution in [0, 0.1) is 13.8 Å². The molecule has 2 aromatic rings. The molecular weight excluding hydrogens is 348 g/mol. The number of thiazole rings is 1. The Morgan fingerprint density at radius 2 is 2.12 bits per heavy atom. The molecule has 0 bridgehead atoms. The number of fused-ring (bicyclic) bond motifs is 1. The van der Waals surface area contributed by atoms with Gasteiger partial charge in [0.25, 0.3) is 0 Å². The molecule has 0 aliphatic carbocycles. The molecule has 0 radical (unpaired) electrons. The topological polar surface area (TPSA) is 52.9 Å². The summed E-state index contributed by atoms with van der Waals surface area (Å²) in [5.41, 5.74) is 2.68. The lowest BCUT2D eigenvalue weighted by atomic mass is 10.2. The summed E-state index contributed by atoms with van der Waals surface area (Å²) in [6.07, 6.45) is 0.841. The van der Waals surface area contributed by atoms with Crippen LogP contribution in [0.3, 0.4) is 0 Å². The van der Waals surface area contributed by atoms with Crippen LogP contribution in [0.4, 0.5) is 0 Å². The highest BCUT2D eigenvalue weighted by Gasteiger charge is 2.16. The van der Waals surface area contributed by atoms with Crippen LogP contribution in [0.25, 0.3) is 0 Å². The summed E-state index contributed by atoms with van der Waals surface area (Å²) >= 11 is 7.89. The maximum absolute atomic E-state index is 6.28. The average Bonchev–Trinajstić information content (AvgIpc) is 2.73. The van der Waals surface area contributed by atoms with E-state index in [0.717, 1.165) is 33.3 Å². The summed E-state index contributed by atoms with van der Waals surface area (Å²) < 4.78 is 11.3. The summed E-state index contributed by atoms with van der Waals surface area (Å²) in [7, 11) is 0. The van der Waals surface area contributed by atoms with Crippen LogP contribution >= 0.6 is 22.9 Å². The van der Waals surface area contributed by atoms with Crippen LogP contribution < -0.4 is 9.47 Å². The van der Waals surface area contributed by atoms with E-state index >= 15 is 0 Å². The normalized spacial score (nSPS) is 14.4. The van der Waals surface area contributed by atoms with Crippen molar-refractivity contribution in [1.82, 2.24) is 4.98 Å². The Labute approximate surface area is 150 Å². The smallest absolute Gasteiger partial charge is 0.179 e. The SMILES string of the molecule is CC(=NOCc1cc(Cl)c2c(c1)OCCCO2)c1sc(C)nc1C. The summed E-state index contributed by atoms with van der Waals surface area (Å²) in [4.78, 5) is 10.9. The number of hydrogen-bond donors (Lipinski definition) is 0. The number of ether oxygens (including phenoxy) is 2. The molecule has 1 aliphatic heterocycles. The third kappa shape index (κ3) is 3.82. The molecular formula is C17H19ClN2O3S. The van der Waals surface area contributed by atoms with E-state index in [-0.39, 0.29) is 0 Å². The van der Waals surface area contributed by atoms with Crippen LogP contribution in [-0.2, 0) is 11.4 Å². The second kappa shape index (κ2) is 7.40. The van der Waals surface area contributed by atoms with Gasteiger partial charge in [-0.1, -0.05) is 16.8 Å². The van der Waals surface area contributed by atoms with Gasteiger partial charge >= 0.3 is 0 Å². The highest BCUT2D eigenvalue weighted by Crippen LogP contribution is 2.38. The van der Waals surface area contributed by atoms with Crippen molar-refractivity contribution in [3.63, 3.8) is 0 Å². The Morgan fingerprint density at radius 1 is 1.33 bits per heavy atom. The quantitative estimate of drug-likeness (QED) is 0.590. The number of aryl methyl sites for hydroxylation is 2. The van der Waals surface area contributed by atoms with Crippen LogP contribution in [0.5, 0.6) is 11.5 Å². The first-order valence-corrected chi connectivity index (χ1v) is 8.93. The van der Waals surface area contributed by atoms with Crippen LogP contribution in [0.1, 0.15) is 34.5 Å². The lowest BCUT2D eigenvalue weighted by Crippen LogP contribution is -1.98. The Morgan fingerprint density at radius 3 is 2.88 bits per heavy atom. The average molecular weight is 367 g/mol. The van der Waals surface area contributed by atoms with Gasteiger partial charge in [0.05, 0.1) is 39.5 Å². The number of halogens is 1. The van der Waals surface area contributed by atoms with E-state index in [1.165, 1.54) is 0 Å². The van der Waals surface area contributed by atoms with E-state index in [2.05, 4.69) is 10.1 Å².